The molecular formula is C79H106. The molecule has 9 aromatic rings. The number of benzene rings is 9. The lowest BCUT2D eigenvalue weighted by Gasteiger charge is -2.09. The Balaban J connectivity index is 0.000000964. The van der Waals surface area contributed by atoms with Gasteiger partial charge < -0.3 is 0 Å². The molecule has 0 atom stereocenters. The van der Waals surface area contributed by atoms with Gasteiger partial charge in [-0.05, 0) is 142 Å². The first-order chi connectivity index (χ1) is 38.9. The van der Waals surface area contributed by atoms with Crippen molar-refractivity contribution in [2.75, 3.05) is 0 Å². The molecule has 0 bridgehead atoms. The van der Waals surface area contributed by atoms with E-state index in [2.05, 4.69) is 234 Å². The molecule has 79 heavy (non-hydrogen) atoms. The molecule has 0 N–H and O–H groups in total. The molecular weight excluding hydrogens is 949 g/mol. The Morgan fingerprint density at radius 1 is 0.190 bits per heavy atom. The summed E-state index contributed by atoms with van der Waals surface area (Å²) in [7, 11) is 0. The molecule has 0 unspecified atom stereocenters. The van der Waals surface area contributed by atoms with Crippen LogP contribution in [0.15, 0.2) is 206 Å². The van der Waals surface area contributed by atoms with Gasteiger partial charge in [-0.3, -0.25) is 0 Å². The quantitative estimate of drug-likeness (QED) is 0.162. The lowest BCUT2D eigenvalue weighted by molar-refractivity contribution is 1.26. The van der Waals surface area contributed by atoms with Crippen LogP contribution < -0.4 is 0 Å². The zero-order valence-electron chi connectivity index (χ0n) is 53.8. The average molecular weight is 1060 g/mol. The van der Waals surface area contributed by atoms with Crippen molar-refractivity contribution in [3.63, 3.8) is 0 Å². The molecule has 0 saturated heterocycles. The molecule has 9 aromatic carbocycles. The minimum absolute atomic E-state index is 1.05. The van der Waals surface area contributed by atoms with E-state index in [9.17, 15) is 0 Å². The Hall–Kier alpha value is -7.02. The van der Waals surface area contributed by atoms with E-state index in [1.165, 1.54) is 111 Å². The van der Waals surface area contributed by atoms with Crippen LogP contribution in [0.2, 0.25) is 0 Å². The third kappa shape index (κ3) is 21.3. The Labute approximate surface area is 486 Å². The van der Waals surface area contributed by atoms with Gasteiger partial charge in [0.1, 0.15) is 0 Å². The lowest BCUT2D eigenvalue weighted by atomic mass is 9.95. The van der Waals surface area contributed by atoms with E-state index in [0.717, 1.165) is 19.3 Å². The summed E-state index contributed by atoms with van der Waals surface area (Å²) in [5.41, 5.74) is 27.8. The normalized spacial score (nSPS) is 9.75. The Kier molecular flexibility index (Phi) is 39.1. The van der Waals surface area contributed by atoms with Gasteiger partial charge in [-0.2, -0.15) is 0 Å². The van der Waals surface area contributed by atoms with Gasteiger partial charge in [-0.15, -0.1) is 0 Å². The largest absolute Gasteiger partial charge is 0.0683 e. The van der Waals surface area contributed by atoms with Crippen LogP contribution in [0, 0.1) is 27.7 Å². The van der Waals surface area contributed by atoms with Gasteiger partial charge in [-0.25, -0.2) is 0 Å². The molecule has 3 aliphatic carbocycles. The zero-order chi connectivity index (χ0) is 59.7. The van der Waals surface area contributed by atoms with E-state index < -0.39 is 0 Å². The van der Waals surface area contributed by atoms with Crippen molar-refractivity contribution < 1.29 is 0 Å². The molecule has 12 rings (SSSR count). The fourth-order valence-corrected chi connectivity index (χ4v) is 9.25. The minimum Gasteiger partial charge on any atom is -0.0683 e. The highest BCUT2D eigenvalue weighted by Crippen LogP contribution is 2.42. The van der Waals surface area contributed by atoms with Gasteiger partial charge in [0.15, 0.2) is 0 Å². The van der Waals surface area contributed by atoms with Crippen LogP contribution in [-0.4, -0.2) is 0 Å². The molecule has 0 saturated carbocycles. The van der Waals surface area contributed by atoms with E-state index in [-0.39, 0.29) is 0 Å². The highest BCUT2D eigenvalue weighted by Gasteiger charge is 2.21. The van der Waals surface area contributed by atoms with E-state index in [0.29, 0.717) is 0 Å². The van der Waals surface area contributed by atoms with E-state index >= 15 is 0 Å². The van der Waals surface area contributed by atoms with E-state index in [4.69, 9.17) is 0 Å². The highest BCUT2D eigenvalue weighted by atomic mass is 14.3. The first-order valence-electron chi connectivity index (χ1n) is 30.6. The van der Waals surface area contributed by atoms with Gasteiger partial charge in [0.2, 0.25) is 0 Å². The Bertz CT molecular complexity index is 2930. The van der Waals surface area contributed by atoms with Crippen LogP contribution >= 0.6 is 0 Å². The van der Waals surface area contributed by atoms with Crippen LogP contribution in [0.1, 0.15) is 180 Å². The minimum atomic E-state index is 1.05. The van der Waals surface area contributed by atoms with Crippen LogP contribution in [0.3, 0.4) is 0 Å². The van der Waals surface area contributed by atoms with E-state index in [1.807, 2.05) is 125 Å². The maximum absolute atomic E-state index is 2.34. The SMILES string of the molecule is CC.CC.CC.CC.CC.CC.CC.CC.CC.Cc1cccc(-c2ccc3c(c2)-c2ccccc2C3)c1.Cc1cccc(-c2cccc3c2Cc2ccccc2-3)c1.Cc1cccc(C)c1.c1ccc2c(c1)Cc1ccccc1-2. The molecule has 0 radical (unpaired) electrons. The molecule has 0 heterocycles. The second kappa shape index (κ2) is 42.9. The number of hydrogen-bond acceptors (Lipinski definition) is 0. The summed E-state index contributed by atoms with van der Waals surface area (Å²) in [6.07, 6.45) is 3.22. The van der Waals surface area contributed by atoms with Crippen LogP contribution in [-0.2, 0) is 19.3 Å². The number of hydrogen-bond donors (Lipinski definition) is 0. The summed E-state index contributed by atoms with van der Waals surface area (Å²) in [5.74, 6) is 0. The Morgan fingerprint density at radius 3 is 0.873 bits per heavy atom. The molecule has 0 aliphatic heterocycles. The smallest absolute Gasteiger partial charge is 0.000729 e. The number of rotatable bonds is 2. The monoisotopic (exact) mass is 1050 g/mol. The molecule has 0 heteroatoms. The fraction of sp³-hybridized carbons (Fsp3) is 0.316. The van der Waals surface area contributed by atoms with Crippen molar-refractivity contribution in [2.45, 2.75) is 172 Å². The number of aryl methyl sites for hydroxylation is 4. The second-order valence-electron chi connectivity index (χ2n) is 16.8. The standard InChI is InChI=1S/2C20H16.C13H10.C8H10.9C2H6/c1-14-6-4-8-15(12-14)18-10-5-11-19-17-9-3-2-7-16(17)13-20(18)19;1-14-5-4-7-15(11-14)16-9-10-18-12-17-6-2-3-8-19(17)20(18)13-16;1-3-7-12-10(5-1)9-11-6-2-4-8-13(11)12;1-7-4-3-5-8(2)6-7;9*1-2/h2-12H,13H2,1H3;2-11,13H,12H2,1H3;1-8H,9H2;3-6H,1-2H3;9*1-2H3. The van der Waals surface area contributed by atoms with Crippen LogP contribution in [0.25, 0.3) is 55.6 Å². The van der Waals surface area contributed by atoms with Gasteiger partial charge in [0.05, 0.1) is 0 Å². The first kappa shape index (κ1) is 72.0. The summed E-state index contributed by atoms with van der Waals surface area (Å²) < 4.78 is 0. The summed E-state index contributed by atoms with van der Waals surface area (Å²) in [6, 6.07) is 74.3. The van der Waals surface area contributed by atoms with Crippen molar-refractivity contribution in [3.05, 3.63) is 262 Å². The predicted molar refractivity (Wildman–Crippen MR) is 362 cm³/mol. The zero-order valence-corrected chi connectivity index (χ0v) is 53.8. The predicted octanol–water partition coefficient (Wildman–Crippen LogP) is 25.3. The molecule has 0 spiro atoms. The highest BCUT2D eigenvalue weighted by molar-refractivity contribution is 5.85. The lowest BCUT2D eigenvalue weighted by Crippen LogP contribution is -1.88. The maximum Gasteiger partial charge on any atom is -0.000729 e. The van der Waals surface area contributed by atoms with Gasteiger partial charge in [0.25, 0.3) is 0 Å². The third-order valence-electron chi connectivity index (χ3n) is 12.2. The van der Waals surface area contributed by atoms with Gasteiger partial charge in [-0.1, -0.05) is 347 Å². The molecule has 0 nitrogen and oxygen atoms in total. The van der Waals surface area contributed by atoms with E-state index in [1.54, 1.807) is 0 Å². The third-order valence-corrected chi connectivity index (χ3v) is 12.2. The summed E-state index contributed by atoms with van der Waals surface area (Å²) >= 11 is 0. The fourth-order valence-electron chi connectivity index (χ4n) is 9.25. The van der Waals surface area contributed by atoms with Crippen molar-refractivity contribution in [2.24, 2.45) is 0 Å². The number of fused-ring (bicyclic) bond motifs is 9. The summed E-state index contributed by atoms with van der Waals surface area (Å²) in [5, 5.41) is 0. The Morgan fingerprint density at radius 2 is 0.468 bits per heavy atom. The molecule has 3 aliphatic rings. The van der Waals surface area contributed by atoms with Gasteiger partial charge in [0, 0.05) is 0 Å². The average Bonchev–Trinajstić information content (AvgIpc) is 4.24. The van der Waals surface area contributed by atoms with Crippen molar-refractivity contribution in [1.29, 1.82) is 0 Å². The van der Waals surface area contributed by atoms with Crippen molar-refractivity contribution in [1.82, 2.24) is 0 Å². The summed E-state index contributed by atoms with van der Waals surface area (Å²) in [6.45, 7) is 44.5. The summed E-state index contributed by atoms with van der Waals surface area (Å²) in [4.78, 5) is 0. The molecule has 0 fully saturated rings. The van der Waals surface area contributed by atoms with Crippen molar-refractivity contribution in [3.8, 4) is 55.6 Å². The first-order valence-corrected chi connectivity index (χ1v) is 30.6. The van der Waals surface area contributed by atoms with Crippen molar-refractivity contribution >= 4 is 0 Å². The second-order valence-corrected chi connectivity index (χ2v) is 16.8. The van der Waals surface area contributed by atoms with Gasteiger partial charge >= 0.3 is 0 Å². The van der Waals surface area contributed by atoms with Crippen LogP contribution in [0.4, 0.5) is 0 Å². The maximum atomic E-state index is 2.34. The topological polar surface area (TPSA) is 0 Å². The van der Waals surface area contributed by atoms with Crippen LogP contribution in [0.5, 0.6) is 0 Å². The molecule has 0 aromatic heterocycles. The molecule has 0 amide bonds. The molecule has 422 valence electrons.